The molecule has 5 heteroatoms. The number of rotatable bonds is 7. The van der Waals surface area contributed by atoms with Gasteiger partial charge >= 0.3 is 5.97 Å². The zero-order valence-electron chi connectivity index (χ0n) is 9.65. The Morgan fingerprint density at radius 2 is 2.13 bits per heavy atom. The summed E-state index contributed by atoms with van der Waals surface area (Å²) in [6.45, 7) is 4.52. The van der Waals surface area contributed by atoms with Gasteiger partial charge in [0.05, 0.1) is 51.9 Å². The quantitative estimate of drug-likeness (QED) is 0.285. The number of esters is 1. The molecule has 0 aliphatic carbocycles. The third-order valence-corrected chi connectivity index (χ3v) is 2.24. The summed E-state index contributed by atoms with van der Waals surface area (Å²) in [6, 6.07) is 0. The molecule has 0 heterocycles. The van der Waals surface area contributed by atoms with Gasteiger partial charge in [-0.15, -0.1) is 0 Å². The molecule has 0 aromatic carbocycles. The normalized spacial score (nSPS) is 10.6. The standard InChI is InChI=1S/C10H19N2O2S/c1-4-14-10(13)5-7-12(2,3)8-6-11-9-15/h4-8H2,1-3H3/q+1. The SMILES string of the molecule is CCOC(=O)CC[N+](C)(C)CCN=C=S. The van der Waals surface area contributed by atoms with Gasteiger partial charge in [-0.2, -0.15) is 0 Å². The van der Waals surface area contributed by atoms with Crippen LogP contribution in [0, 0.1) is 0 Å². The van der Waals surface area contributed by atoms with Crippen molar-refractivity contribution in [3.63, 3.8) is 0 Å². The van der Waals surface area contributed by atoms with E-state index < -0.39 is 0 Å². The number of hydrogen-bond donors (Lipinski definition) is 0. The summed E-state index contributed by atoms with van der Waals surface area (Å²) in [7, 11) is 4.11. The lowest BCUT2D eigenvalue weighted by Crippen LogP contribution is -2.43. The fraction of sp³-hybridized carbons (Fsp3) is 0.800. The van der Waals surface area contributed by atoms with Crippen LogP contribution in [0.5, 0.6) is 0 Å². The monoisotopic (exact) mass is 231 g/mol. The van der Waals surface area contributed by atoms with Crippen molar-refractivity contribution in [2.75, 3.05) is 40.3 Å². The van der Waals surface area contributed by atoms with Crippen LogP contribution in [0.2, 0.25) is 0 Å². The summed E-state index contributed by atoms with van der Waals surface area (Å²) >= 11 is 4.48. The fourth-order valence-electron chi connectivity index (χ4n) is 1.11. The maximum atomic E-state index is 11.1. The van der Waals surface area contributed by atoms with Crippen LogP contribution < -0.4 is 0 Å². The highest BCUT2D eigenvalue weighted by Gasteiger charge is 2.16. The first kappa shape index (κ1) is 14.2. The number of nitrogens with zero attached hydrogens (tertiary/aromatic N) is 2. The summed E-state index contributed by atoms with van der Waals surface area (Å²) in [6.07, 6.45) is 0.447. The van der Waals surface area contributed by atoms with E-state index in [-0.39, 0.29) is 5.97 Å². The third kappa shape index (κ3) is 8.24. The highest BCUT2D eigenvalue weighted by atomic mass is 32.1. The van der Waals surface area contributed by atoms with Gasteiger partial charge in [-0.1, -0.05) is 0 Å². The van der Waals surface area contributed by atoms with Crippen LogP contribution >= 0.6 is 12.2 Å². The molecule has 86 valence electrons. The number of carbonyl (C=O) groups excluding carboxylic acids is 1. The Hall–Kier alpha value is -0.770. The maximum absolute atomic E-state index is 11.1. The summed E-state index contributed by atoms with van der Waals surface area (Å²) in [5.74, 6) is -0.137. The molecule has 0 saturated heterocycles. The second-order valence-electron chi connectivity index (χ2n) is 3.91. The number of carbonyl (C=O) groups is 1. The molecule has 0 aromatic rings. The van der Waals surface area contributed by atoms with Crippen LogP contribution in [-0.2, 0) is 9.53 Å². The van der Waals surface area contributed by atoms with Gasteiger partial charge in [0.15, 0.2) is 0 Å². The molecule has 0 aromatic heterocycles. The molecule has 0 aliphatic rings. The lowest BCUT2D eigenvalue weighted by molar-refractivity contribution is -0.888. The molecular formula is C10H19N2O2S+. The predicted octanol–water partition coefficient (Wildman–Crippen LogP) is 1.12. The van der Waals surface area contributed by atoms with Gasteiger partial charge in [0, 0.05) is 0 Å². The first-order valence-electron chi connectivity index (χ1n) is 5.03. The van der Waals surface area contributed by atoms with Crippen molar-refractivity contribution in [3.05, 3.63) is 0 Å². The Labute approximate surface area is 96.5 Å². The third-order valence-electron chi connectivity index (χ3n) is 2.11. The average molecular weight is 231 g/mol. The Kier molecular flexibility index (Phi) is 7.13. The fourth-order valence-corrected chi connectivity index (χ4v) is 1.20. The minimum absolute atomic E-state index is 0.137. The van der Waals surface area contributed by atoms with Crippen molar-refractivity contribution < 1.29 is 14.0 Å². The Bertz CT molecular complexity index is 248. The number of aliphatic imine (C=N–C) groups is 1. The van der Waals surface area contributed by atoms with E-state index in [1.54, 1.807) is 0 Å². The predicted molar refractivity (Wildman–Crippen MR) is 63.0 cm³/mol. The van der Waals surface area contributed by atoms with Crippen molar-refractivity contribution >= 4 is 23.3 Å². The van der Waals surface area contributed by atoms with Crippen molar-refractivity contribution in [2.45, 2.75) is 13.3 Å². The Morgan fingerprint density at radius 3 is 2.67 bits per heavy atom. The summed E-state index contributed by atoms with van der Waals surface area (Å²) < 4.78 is 5.60. The first-order chi connectivity index (χ1) is 7.02. The number of likely N-dealkylation sites (N-methyl/N-ethyl adjacent to an activating group) is 1. The van der Waals surface area contributed by atoms with E-state index in [0.717, 1.165) is 17.6 Å². The van der Waals surface area contributed by atoms with Crippen LogP contribution in [0.3, 0.4) is 0 Å². The minimum Gasteiger partial charge on any atom is -0.466 e. The van der Waals surface area contributed by atoms with E-state index in [9.17, 15) is 4.79 Å². The van der Waals surface area contributed by atoms with Gasteiger partial charge in [0.25, 0.3) is 0 Å². The van der Waals surface area contributed by atoms with E-state index in [0.29, 0.717) is 19.6 Å². The molecule has 15 heavy (non-hydrogen) atoms. The molecule has 0 rings (SSSR count). The minimum atomic E-state index is -0.137. The average Bonchev–Trinajstić information content (AvgIpc) is 2.16. The van der Waals surface area contributed by atoms with Crippen molar-refractivity contribution in [1.82, 2.24) is 0 Å². The van der Waals surface area contributed by atoms with Crippen LogP contribution in [0.25, 0.3) is 0 Å². The zero-order chi connectivity index (χ0) is 11.7. The number of hydrogen-bond acceptors (Lipinski definition) is 4. The van der Waals surface area contributed by atoms with Gasteiger partial charge in [-0.25, -0.2) is 4.99 Å². The van der Waals surface area contributed by atoms with E-state index in [4.69, 9.17) is 4.74 Å². The molecule has 0 saturated carbocycles. The van der Waals surface area contributed by atoms with Gasteiger partial charge in [0.2, 0.25) is 0 Å². The Morgan fingerprint density at radius 1 is 1.47 bits per heavy atom. The van der Waals surface area contributed by atoms with Gasteiger partial charge < -0.3 is 9.22 Å². The van der Waals surface area contributed by atoms with Crippen LogP contribution in [0.4, 0.5) is 0 Å². The van der Waals surface area contributed by atoms with Crippen LogP contribution in [0.1, 0.15) is 13.3 Å². The molecular weight excluding hydrogens is 212 g/mol. The number of quaternary nitrogens is 1. The van der Waals surface area contributed by atoms with Crippen molar-refractivity contribution in [1.29, 1.82) is 0 Å². The number of ether oxygens (including phenoxy) is 1. The highest BCUT2D eigenvalue weighted by Crippen LogP contribution is 2.00. The van der Waals surface area contributed by atoms with Crippen molar-refractivity contribution in [3.8, 4) is 0 Å². The smallest absolute Gasteiger partial charge is 0.311 e. The summed E-state index contributed by atoms with van der Waals surface area (Å²) in [4.78, 5) is 15.0. The van der Waals surface area contributed by atoms with Crippen LogP contribution in [-0.4, -0.2) is 56.0 Å². The van der Waals surface area contributed by atoms with Gasteiger partial charge in [-0.3, -0.25) is 4.79 Å². The molecule has 0 radical (unpaired) electrons. The van der Waals surface area contributed by atoms with E-state index >= 15 is 0 Å². The first-order valence-corrected chi connectivity index (χ1v) is 5.44. The highest BCUT2D eigenvalue weighted by molar-refractivity contribution is 7.78. The number of thiocarbonyl (C=S) groups is 1. The molecule has 0 fully saturated rings. The van der Waals surface area contributed by atoms with Crippen molar-refractivity contribution in [2.24, 2.45) is 4.99 Å². The molecule has 0 aliphatic heterocycles. The van der Waals surface area contributed by atoms with Gasteiger partial charge in [-0.05, 0) is 19.1 Å². The number of isothiocyanates is 1. The second-order valence-corrected chi connectivity index (χ2v) is 4.09. The second kappa shape index (κ2) is 7.51. The van der Waals surface area contributed by atoms with Crippen LogP contribution in [0.15, 0.2) is 4.99 Å². The molecule has 0 spiro atoms. The van der Waals surface area contributed by atoms with Gasteiger partial charge in [0.1, 0.15) is 0 Å². The lowest BCUT2D eigenvalue weighted by Gasteiger charge is -2.28. The molecule has 4 nitrogen and oxygen atoms in total. The zero-order valence-corrected chi connectivity index (χ0v) is 10.5. The molecule has 0 amide bonds. The summed E-state index contributed by atoms with van der Waals surface area (Å²) in [5.41, 5.74) is 0. The Balaban J connectivity index is 3.81. The molecule has 0 N–H and O–H groups in total. The topological polar surface area (TPSA) is 38.7 Å². The van der Waals surface area contributed by atoms with E-state index in [1.165, 1.54) is 0 Å². The maximum Gasteiger partial charge on any atom is 0.311 e. The summed E-state index contributed by atoms with van der Waals surface area (Å²) in [5, 5.41) is 2.33. The molecule has 0 unspecified atom stereocenters. The van der Waals surface area contributed by atoms with E-state index in [2.05, 4.69) is 36.5 Å². The largest absolute Gasteiger partial charge is 0.466 e. The van der Waals surface area contributed by atoms with E-state index in [1.807, 2.05) is 6.92 Å². The molecule has 0 atom stereocenters. The lowest BCUT2D eigenvalue weighted by atomic mass is 10.3. The molecule has 0 bridgehead atoms.